The van der Waals surface area contributed by atoms with Gasteiger partial charge in [0.05, 0.1) is 12.6 Å². The molecule has 1 saturated heterocycles. The largest absolute Gasteiger partial charge is 0.348 e. The van der Waals surface area contributed by atoms with Crippen molar-refractivity contribution in [1.82, 2.24) is 5.06 Å². The summed E-state index contributed by atoms with van der Waals surface area (Å²) in [5, 5.41) is 11.7. The van der Waals surface area contributed by atoms with Gasteiger partial charge in [-0.15, -0.1) is 0 Å². The van der Waals surface area contributed by atoms with Crippen LogP contribution in [-0.2, 0) is 16.0 Å². The third-order valence-corrected chi connectivity index (χ3v) is 3.45. The minimum atomic E-state index is -0.550. The fourth-order valence-corrected chi connectivity index (χ4v) is 2.46. The molecule has 1 aromatic carbocycles. The Balaban J connectivity index is 1.98. The van der Waals surface area contributed by atoms with Gasteiger partial charge in [0.1, 0.15) is 6.10 Å². The maximum absolute atomic E-state index is 10.3. The van der Waals surface area contributed by atoms with Gasteiger partial charge in [0.2, 0.25) is 0 Å². The highest BCUT2D eigenvalue weighted by molar-refractivity contribution is 5.14. The highest BCUT2D eigenvalue weighted by atomic mass is 16.7. The molecule has 0 radical (unpaired) electrons. The number of benzene rings is 1. The molecule has 106 valence electrons. The Morgan fingerprint density at radius 2 is 2.05 bits per heavy atom. The third kappa shape index (κ3) is 3.76. The van der Waals surface area contributed by atoms with Crippen LogP contribution >= 0.6 is 0 Å². The number of hydrogen-bond donors (Lipinski definition) is 1. The smallest absolute Gasteiger partial charge is 0.163 e. The third-order valence-electron chi connectivity index (χ3n) is 3.45. The normalized spacial score (nSPS) is 23.7. The van der Waals surface area contributed by atoms with E-state index in [2.05, 4.69) is 0 Å². The summed E-state index contributed by atoms with van der Waals surface area (Å²) in [6, 6.07) is 9.88. The van der Waals surface area contributed by atoms with E-state index in [9.17, 15) is 5.21 Å². The molecule has 0 unspecified atom stereocenters. The molecule has 2 atom stereocenters. The second kappa shape index (κ2) is 6.01. The second-order valence-electron chi connectivity index (χ2n) is 5.43. The molecule has 1 aliphatic rings. The molecule has 2 rings (SSSR count). The summed E-state index contributed by atoms with van der Waals surface area (Å²) in [5.74, 6) is -0.550. The van der Waals surface area contributed by atoms with Crippen molar-refractivity contribution in [2.75, 3.05) is 6.61 Å². The first-order chi connectivity index (χ1) is 9.02. The molecule has 1 aromatic rings. The van der Waals surface area contributed by atoms with Gasteiger partial charge >= 0.3 is 0 Å². The highest BCUT2D eigenvalue weighted by Crippen LogP contribution is 2.27. The standard InChI is InChI=1S/C15H23NO3/c1-4-13(14-11-18-15(2,3)19-14)16(17)10-12-8-6-5-7-9-12/h5-9,13-14,17H,4,10-11H2,1-3H3/t13-,14+/m0/s1. The van der Waals surface area contributed by atoms with Crippen LogP contribution in [0.1, 0.15) is 32.8 Å². The Labute approximate surface area is 114 Å². The Morgan fingerprint density at radius 3 is 2.58 bits per heavy atom. The molecule has 0 saturated carbocycles. The van der Waals surface area contributed by atoms with Crippen molar-refractivity contribution in [1.29, 1.82) is 0 Å². The molecule has 1 heterocycles. The van der Waals surface area contributed by atoms with E-state index in [1.165, 1.54) is 5.06 Å². The van der Waals surface area contributed by atoms with Gasteiger partial charge in [-0.25, -0.2) is 0 Å². The summed E-state index contributed by atoms with van der Waals surface area (Å²) >= 11 is 0. The quantitative estimate of drug-likeness (QED) is 0.831. The van der Waals surface area contributed by atoms with Gasteiger partial charge in [-0.2, -0.15) is 5.06 Å². The average Bonchev–Trinajstić information content (AvgIpc) is 2.72. The number of hydroxylamine groups is 2. The van der Waals surface area contributed by atoms with Crippen molar-refractivity contribution >= 4 is 0 Å². The van der Waals surface area contributed by atoms with Crippen LogP contribution in [0, 0.1) is 0 Å². The Kier molecular flexibility index (Phi) is 4.58. The van der Waals surface area contributed by atoms with E-state index in [1.807, 2.05) is 51.1 Å². The summed E-state index contributed by atoms with van der Waals surface area (Å²) in [5.41, 5.74) is 1.08. The van der Waals surface area contributed by atoms with Crippen molar-refractivity contribution in [3.63, 3.8) is 0 Å². The summed E-state index contributed by atoms with van der Waals surface area (Å²) in [6.45, 7) is 6.88. The summed E-state index contributed by atoms with van der Waals surface area (Å²) in [4.78, 5) is 0. The van der Waals surface area contributed by atoms with Crippen LogP contribution in [0.2, 0.25) is 0 Å². The molecule has 0 aromatic heterocycles. The van der Waals surface area contributed by atoms with Gasteiger partial charge in [0.25, 0.3) is 0 Å². The van der Waals surface area contributed by atoms with Crippen LogP contribution in [0.3, 0.4) is 0 Å². The van der Waals surface area contributed by atoms with Crippen LogP contribution in [-0.4, -0.2) is 34.8 Å². The molecule has 0 aliphatic carbocycles. The van der Waals surface area contributed by atoms with Crippen molar-refractivity contribution in [3.05, 3.63) is 35.9 Å². The fraction of sp³-hybridized carbons (Fsp3) is 0.600. The Hall–Kier alpha value is -0.940. The zero-order valence-electron chi connectivity index (χ0n) is 11.9. The molecule has 0 spiro atoms. The Morgan fingerprint density at radius 1 is 1.37 bits per heavy atom. The second-order valence-corrected chi connectivity index (χ2v) is 5.43. The van der Waals surface area contributed by atoms with E-state index in [0.717, 1.165) is 12.0 Å². The van der Waals surface area contributed by atoms with E-state index in [0.29, 0.717) is 13.2 Å². The van der Waals surface area contributed by atoms with Gasteiger partial charge in [-0.3, -0.25) is 0 Å². The number of nitrogens with zero attached hydrogens (tertiary/aromatic N) is 1. The molecule has 0 bridgehead atoms. The van der Waals surface area contributed by atoms with E-state index >= 15 is 0 Å². The molecule has 4 nitrogen and oxygen atoms in total. The van der Waals surface area contributed by atoms with Crippen LogP contribution in [0.4, 0.5) is 0 Å². The van der Waals surface area contributed by atoms with Gasteiger partial charge in [0.15, 0.2) is 5.79 Å². The fourth-order valence-electron chi connectivity index (χ4n) is 2.46. The number of hydrogen-bond acceptors (Lipinski definition) is 4. The van der Waals surface area contributed by atoms with Crippen molar-refractivity contribution in [2.24, 2.45) is 0 Å². The first-order valence-electron chi connectivity index (χ1n) is 6.83. The SMILES string of the molecule is CC[C@@H]([C@H]1COC(C)(C)O1)N(O)Cc1ccccc1. The molecule has 1 N–H and O–H groups in total. The summed E-state index contributed by atoms with van der Waals surface area (Å²) in [6.07, 6.45) is 0.724. The lowest BCUT2D eigenvalue weighted by Crippen LogP contribution is -2.42. The van der Waals surface area contributed by atoms with Crippen LogP contribution in [0.15, 0.2) is 30.3 Å². The summed E-state index contributed by atoms with van der Waals surface area (Å²) < 4.78 is 11.4. The first-order valence-corrected chi connectivity index (χ1v) is 6.83. The summed E-state index contributed by atoms with van der Waals surface area (Å²) in [7, 11) is 0. The number of ether oxygens (including phenoxy) is 2. The van der Waals surface area contributed by atoms with Crippen LogP contribution in [0.5, 0.6) is 0 Å². The van der Waals surface area contributed by atoms with Crippen molar-refractivity contribution < 1.29 is 14.7 Å². The van der Waals surface area contributed by atoms with Gasteiger partial charge in [-0.1, -0.05) is 37.3 Å². The lowest BCUT2D eigenvalue weighted by Gasteiger charge is -2.29. The first kappa shape index (κ1) is 14.5. The molecule has 4 heteroatoms. The van der Waals surface area contributed by atoms with Crippen molar-refractivity contribution in [3.8, 4) is 0 Å². The van der Waals surface area contributed by atoms with E-state index < -0.39 is 5.79 Å². The lowest BCUT2D eigenvalue weighted by molar-refractivity contribution is -0.189. The van der Waals surface area contributed by atoms with Gasteiger partial charge in [-0.05, 0) is 25.8 Å². The monoisotopic (exact) mass is 265 g/mol. The molecular formula is C15H23NO3. The van der Waals surface area contributed by atoms with E-state index in [4.69, 9.17) is 9.47 Å². The molecule has 19 heavy (non-hydrogen) atoms. The van der Waals surface area contributed by atoms with Crippen molar-refractivity contribution in [2.45, 2.75) is 51.7 Å². The lowest BCUT2D eigenvalue weighted by atomic mass is 10.1. The topological polar surface area (TPSA) is 41.9 Å². The zero-order chi connectivity index (χ0) is 13.9. The maximum Gasteiger partial charge on any atom is 0.163 e. The molecule has 1 aliphatic heterocycles. The number of rotatable bonds is 5. The maximum atomic E-state index is 10.3. The molecule has 0 amide bonds. The molecular weight excluding hydrogens is 242 g/mol. The highest BCUT2D eigenvalue weighted by Gasteiger charge is 2.38. The Bertz CT molecular complexity index is 394. The minimum Gasteiger partial charge on any atom is -0.348 e. The predicted molar refractivity (Wildman–Crippen MR) is 72.8 cm³/mol. The van der Waals surface area contributed by atoms with Crippen LogP contribution < -0.4 is 0 Å². The van der Waals surface area contributed by atoms with Gasteiger partial charge < -0.3 is 14.7 Å². The van der Waals surface area contributed by atoms with E-state index in [1.54, 1.807) is 0 Å². The molecule has 1 fully saturated rings. The zero-order valence-corrected chi connectivity index (χ0v) is 11.9. The van der Waals surface area contributed by atoms with Crippen LogP contribution in [0.25, 0.3) is 0 Å². The minimum absolute atomic E-state index is 0.0537. The van der Waals surface area contributed by atoms with E-state index in [-0.39, 0.29) is 12.1 Å². The predicted octanol–water partition coefficient (Wildman–Crippen LogP) is 2.81. The van der Waals surface area contributed by atoms with Gasteiger partial charge in [0, 0.05) is 6.54 Å². The average molecular weight is 265 g/mol.